The molecule has 1 unspecified atom stereocenters. The molecule has 5 nitrogen and oxygen atoms in total. The van der Waals surface area contributed by atoms with Gasteiger partial charge in [-0.3, -0.25) is 4.79 Å². The first-order chi connectivity index (χ1) is 8.43. The van der Waals surface area contributed by atoms with E-state index in [2.05, 4.69) is 5.32 Å². The van der Waals surface area contributed by atoms with Gasteiger partial charge < -0.3 is 16.2 Å². The topological polar surface area (TPSA) is 92.4 Å². The number of hydrogen-bond donors (Lipinski definition) is 3. The Balaban J connectivity index is 2.80. The van der Waals surface area contributed by atoms with Gasteiger partial charge in [0.25, 0.3) is 0 Å². The zero-order valence-electron chi connectivity index (χ0n) is 9.94. The Bertz CT molecular complexity index is 463. The predicted molar refractivity (Wildman–Crippen MR) is 69.9 cm³/mol. The molecular weight excluding hydrogens is 256 g/mol. The number of carbonyl (C=O) groups excluding carboxylic acids is 1. The molecule has 0 saturated heterocycles. The number of hydrogen-bond acceptors (Lipinski definition) is 3. The fourth-order valence-corrected chi connectivity index (χ4v) is 1.50. The molecule has 1 aromatic rings. The summed E-state index contributed by atoms with van der Waals surface area (Å²) in [6.45, 7) is 1.88. The molecule has 1 aromatic carbocycles. The number of nitrogens with two attached hydrogens (primary N) is 1. The number of carbonyl (C=O) groups is 2. The van der Waals surface area contributed by atoms with Gasteiger partial charge >= 0.3 is 5.97 Å². The molecule has 0 radical (unpaired) electrons. The standard InChI is InChI=1S/C12H15ClN2O3/c1-2-8(14)6-11(16)15-10-5-7(12(17)18)3-4-9(10)13/h3-5,8H,2,6,14H2,1H3,(H,15,16)(H,17,18). The van der Waals surface area contributed by atoms with Crippen molar-refractivity contribution in [1.82, 2.24) is 0 Å². The predicted octanol–water partition coefficient (Wildman–Crippen LogP) is 2.10. The number of carboxylic acids is 1. The number of anilines is 1. The van der Waals surface area contributed by atoms with Crippen molar-refractivity contribution < 1.29 is 14.7 Å². The molecule has 0 aliphatic carbocycles. The van der Waals surface area contributed by atoms with Crippen LogP contribution in [0, 0.1) is 0 Å². The van der Waals surface area contributed by atoms with Crippen molar-refractivity contribution in [3.63, 3.8) is 0 Å². The maximum Gasteiger partial charge on any atom is 0.335 e. The number of halogens is 1. The van der Waals surface area contributed by atoms with Gasteiger partial charge in [0.15, 0.2) is 0 Å². The van der Waals surface area contributed by atoms with Crippen LogP contribution in [0.4, 0.5) is 5.69 Å². The minimum atomic E-state index is -1.08. The van der Waals surface area contributed by atoms with Crippen LogP contribution >= 0.6 is 11.6 Å². The number of benzene rings is 1. The van der Waals surface area contributed by atoms with E-state index < -0.39 is 5.97 Å². The van der Waals surface area contributed by atoms with E-state index in [-0.39, 0.29) is 29.6 Å². The fraction of sp³-hybridized carbons (Fsp3) is 0.333. The molecule has 0 aliphatic rings. The quantitative estimate of drug-likeness (QED) is 0.764. The number of carboxylic acid groups (broad SMARTS) is 1. The van der Waals surface area contributed by atoms with Crippen LogP contribution in [-0.4, -0.2) is 23.0 Å². The Morgan fingerprint density at radius 2 is 2.17 bits per heavy atom. The number of aromatic carboxylic acids is 1. The Hall–Kier alpha value is -1.59. The van der Waals surface area contributed by atoms with Crippen LogP contribution in [0.15, 0.2) is 18.2 Å². The summed E-state index contributed by atoms with van der Waals surface area (Å²) in [5, 5.41) is 11.7. The minimum Gasteiger partial charge on any atom is -0.478 e. The second-order valence-corrected chi connectivity index (χ2v) is 4.33. The van der Waals surface area contributed by atoms with Gasteiger partial charge in [-0.15, -0.1) is 0 Å². The third kappa shape index (κ3) is 4.01. The molecule has 0 aromatic heterocycles. The molecular formula is C12H15ClN2O3. The lowest BCUT2D eigenvalue weighted by Gasteiger charge is -2.11. The van der Waals surface area contributed by atoms with Crippen LogP contribution < -0.4 is 11.1 Å². The normalized spacial score (nSPS) is 11.9. The highest BCUT2D eigenvalue weighted by atomic mass is 35.5. The lowest BCUT2D eigenvalue weighted by Crippen LogP contribution is -2.26. The number of rotatable bonds is 5. The van der Waals surface area contributed by atoms with E-state index in [1.165, 1.54) is 18.2 Å². The molecule has 1 atom stereocenters. The average molecular weight is 271 g/mol. The molecule has 0 aliphatic heterocycles. The van der Waals surface area contributed by atoms with Gasteiger partial charge in [-0.1, -0.05) is 18.5 Å². The van der Waals surface area contributed by atoms with Gasteiger partial charge in [0.2, 0.25) is 5.91 Å². The van der Waals surface area contributed by atoms with Crippen LogP contribution in [0.25, 0.3) is 0 Å². The van der Waals surface area contributed by atoms with Crippen LogP contribution in [0.3, 0.4) is 0 Å². The summed E-state index contributed by atoms with van der Waals surface area (Å²) < 4.78 is 0. The highest BCUT2D eigenvalue weighted by molar-refractivity contribution is 6.33. The molecule has 0 heterocycles. The first-order valence-corrected chi connectivity index (χ1v) is 5.90. The first kappa shape index (κ1) is 14.5. The summed E-state index contributed by atoms with van der Waals surface area (Å²) >= 11 is 5.88. The van der Waals surface area contributed by atoms with Crippen molar-refractivity contribution in [2.24, 2.45) is 5.73 Å². The molecule has 0 saturated carbocycles. The van der Waals surface area contributed by atoms with Gasteiger partial charge in [0.05, 0.1) is 16.3 Å². The lowest BCUT2D eigenvalue weighted by atomic mass is 10.1. The molecule has 18 heavy (non-hydrogen) atoms. The third-order valence-electron chi connectivity index (χ3n) is 2.46. The second kappa shape index (κ2) is 6.37. The van der Waals surface area contributed by atoms with E-state index in [4.69, 9.17) is 22.4 Å². The Morgan fingerprint density at radius 1 is 1.50 bits per heavy atom. The number of amides is 1. The molecule has 98 valence electrons. The minimum absolute atomic E-state index is 0.0643. The van der Waals surface area contributed by atoms with E-state index in [1.807, 2.05) is 6.92 Å². The van der Waals surface area contributed by atoms with Gasteiger partial charge in [-0.05, 0) is 24.6 Å². The highest BCUT2D eigenvalue weighted by Crippen LogP contribution is 2.23. The van der Waals surface area contributed by atoms with Crippen molar-refractivity contribution in [3.8, 4) is 0 Å². The van der Waals surface area contributed by atoms with Crippen LogP contribution in [-0.2, 0) is 4.79 Å². The van der Waals surface area contributed by atoms with E-state index in [0.29, 0.717) is 11.4 Å². The Labute approximate surface area is 110 Å². The van der Waals surface area contributed by atoms with Crippen molar-refractivity contribution >= 4 is 29.2 Å². The molecule has 6 heteroatoms. The molecule has 1 rings (SSSR count). The highest BCUT2D eigenvalue weighted by Gasteiger charge is 2.12. The molecule has 1 amide bonds. The molecule has 0 spiro atoms. The summed E-state index contributed by atoms with van der Waals surface area (Å²) in [4.78, 5) is 22.4. The summed E-state index contributed by atoms with van der Waals surface area (Å²) in [5.41, 5.74) is 6.00. The Kier molecular flexibility index (Phi) is 5.12. The molecule has 4 N–H and O–H groups in total. The molecule has 0 bridgehead atoms. The zero-order chi connectivity index (χ0) is 13.7. The lowest BCUT2D eigenvalue weighted by molar-refractivity contribution is -0.116. The Morgan fingerprint density at radius 3 is 2.72 bits per heavy atom. The van der Waals surface area contributed by atoms with Gasteiger partial charge in [-0.2, -0.15) is 0 Å². The van der Waals surface area contributed by atoms with E-state index in [9.17, 15) is 9.59 Å². The fourth-order valence-electron chi connectivity index (χ4n) is 1.34. The van der Waals surface area contributed by atoms with Crippen molar-refractivity contribution in [1.29, 1.82) is 0 Å². The largest absolute Gasteiger partial charge is 0.478 e. The van der Waals surface area contributed by atoms with Crippen LogP contribution in [0.2, 0.25) is 5.02 Å². The van der Waals surface area contributed by atoms with Gasteiger partial charge in [0.1, 0.15) is 0 Å². The summed E-state index contributed by atoms with van der Waals surface area (Å²) in [6.07, 6.45) is 0.862. The van der Waals surface area contributed by atoms with Crippen LogP contribution in [0.5, 0.6) is 0 Å². The van der Waals surface area contributed by atoms with Crippen molar-refractivity contribution in [2.45, 2.75) is 25.8 Å². The van der Waals surface area contributed by atoms with E-state index >= 15 is 0 Å². The SMILES string of the molecule is CCC(N)CC(=O)Nc1cc(C(=O)O)ccc1Cl. The average Bonchev–Trinajstić information content (AvgIpc) is 2.31. The van der Waals surface area contributed by atoms with E-state index in [1.54, 1.807) is 0 Å². The second-order valence-electron chi connectivity index (χ2n) is 3.92. The third-order valence-corrected chi connectivity index (χ3v) is 2.79. The van der Waals surface area contributed by atoms with E-state index in [0.717, 1.165) is 0 Å². The zero-order valence-corrected chi connectivity index (χ0v) is 10.7. The molecule has 0 fully saturated rings. The van der Waals surface area contributed by atoms with Crippen molar-refractivity contribution in [3.05, 3.63) is 28.8 Å². The number of nitrogens with one attached hydrogen (secondary N) is 1. The smallest absolute Gasteiger partial charge is 0.335 e. The van der Waals surface area contributed by atoms with Crippen molar-refractivity contribution in [2.75, 3.05) is 5.32 Å². The van der Waals surface area contributed by atoms with Gasteiger partial charge in [0, 0.05) is 12.5 Å². The summed E-state index contributed by atoms with van der Waals surface area (Å²) in [6, 6.07) is 3.91. The maximum atomic E-state index is 11.6. The first-order valence-electron chi connectivity index (χ1n) is 5.52. The van der Waals surface area contributed by atoms with Gasteiger partial charge in [-0.25, -0.2) is 4.79 Å². The van der Waals surface area contributed by atoms with Crippen LogP contribution in [0.1, 0.15) is 30.1 Å². The summed E-state index contributed by atoms with van der Waals surface area (Å²) in [5.74, 6) is -1.36. The summed E-state index contributed by atoms with van der Waals surface area (Å²) in [7, 11) is 0. The monoisotopic (exact) mass is 270 g/mol. The maximum absolute atomic E-state index is 11.6.